The van der Waals surface area contributed by atoms with Crippen molar-refractivity contribution in [2.75, 3.05) is 13.2 Å². The quantitative estimate of drug-likeness (QED) is 0.180. The molecule has 4 aromatic rings. The van der Waals surface area contributed by atoms with Crippen LogP contribution in [0.4, 0.5) is 0 Å². The average Bonchev–Trinajstić information content (AvgIpc) is 3.66. The predicted octanol–water partition coefficient (Wildman–Crippen LogP) is 5.07. The van der Waals surface area contributed by atoms with Crippen LogP contribution in [-0.4, -0.2) is 60.4 Å². The van der Waals surface area contributed by atoms with E-state index in [-0.39, 0.29) is 35.0 Å². The van der Waals surface area contributed by atoms with Crippen LogP contribution in [0.25, 0.3) is 0 Å². The number of thiazole rings is 1. The summed E-state index contributed by atoms with van der Waals surface area (Å²) in [5, 5.41) is 1.78. The third-order valence-electron chi connectivity index (χ3n) is 6.45. The van der Waals surface area contributed by atoms with Crippen molar-refractivity contribution in [2.24, 2.45) is 0 Å². The monoisotopic (exact) mass is 601 g/mol. The molecule has 1 aliphatic heterocycles. The zero-order chi connectivity index (χ0) is 30.2. The second-order valence-corrected chi connectivity index (χ2v) is 10.2. The molecule has 1 aromatic heterocycles. The number of rotatable bonds is 10. The van der Waals surface area contributed by atoms with E-state index in [2.05, 4.69) is 4.98 Å². The largest absolute Gasteiger partial charge is 0.461 e. The van der Waals surface area contributed by atoms with E-state index in [4.69, 9.17) is 23.7 Å². The fourth-order valence-corrected chi connectivity index (χ4v) is 5.25. The van der Waals surface area contributed by atoms with Crippen molar-refractivity contribution in [2.45, 2.75) is 31.3 Å². The highest BCUT2D eigenvalue weighted by Gasteiger charge is 2.52. The molecule has 220 valence electrons. The van der Waals surface area contributed by atoms with Crippen molar-refractivity contribution >= 4 is 35.2 Å². The summed E-state index contributed by atoms with van der Waals surface area (Å²) in [6, 6.07) is 24.9. The summed E-state index contributed by atoms with van der Waals surface area (Å²) in [6.45, 7) is 1.51. The summed E-state index contributed by atoms with van der Waals surface area (Å²) in [4.78, 5) is 55.9. The van der Waals surface area contributed by atoms with Crippen LogP contribution in [0.2, 0.25) is 0 Å². The number of esters is 4. The fourth-order valence-electron chi connectivity index (χ4n) is 4.40. The highest BCUT2D eigenvalue weighted by Crippen LogP contribution is 2.39. The topological polar surface area (TPSA) is 127 Å². The summed E-state index contributed by atoms with van der Waals surface area (Å²) in [5.74, 6) is -2.62. The lowest BCUT2D eigenvalue weighted by Crippen LogP contribution is -2.40. The van der Waals surface area contributed by atoms with Crippen molar-refractivity contribution in [3.05, 3.63) is 124 Å². The number of benzene rings is 3. The molecule has 3 aromatic carbocycles. The summed E-state index contributed by atoms with van der Waals surface area (Å²) >= 11 is 1.09. The SMILES string of the molecule is CCOC(=O)c1csc([C@H]2O[C@@H](COC(=O)c3ccccc3)[C@@H](OC(=O)c3ccccc3)[C@H]2OC(=O)c2ccccc2)n1. The minimum atomic E-state index is -1.21. The summed E-state index contributed by atoms with van der Waals surface area (Å²) < 4.78 is 28.7. The molecule has 0 radical (unpaired) electrons. The number of aromatic nitrogens is 1. The number of carbonyl (C=O) groups excluding carboxylic acids is 4. The van der Waals surface area contributed by atoms with Crippen molar-refractivity contribution < 1.29 is 42.9 Å². The van der Waals surface area contributed by atoms with Gasteiger partial charge >= 0.3 is 23.9 Å². The van der Waals surface area contributed by atoms with E-state index in [0.29, 0.717) is 5.56 Å². The molecule has 0 bridgehead atoms. The molecule has 10 nitrogen and oxygen atoms in total. The predicted molar refractivity (Wildman–Crippen MR) is 154 cm³/mol. The molecule has 5 rings (SSSR count). The molecule has 43 heavy (non-hydrogen) atoms. The van der Waals surface area contributed by atoms with Gasteiger partial charge in [-0.1, -0.05) is 54.6 Å². The van der Waals surface area contributed by atoms with Gasteiger partial charge < -0.3 is 23.7 Å². The Balaban J connectivity index is 1.47. The first-order valence-corrected chi connectivity index (χ1v) is 14.3. The number of carbonyl (C=O) groups is 4. The van der Waals surface area contributed by atoms with Gasteiger partial charge in [-0.2, -0.15) is 0 Å². The Hall–Kier alpha value is -4.87. The Kier molecular flexibility index (Phi) is 9.55. The molecule has 0 aliphatic carbocycles. The molecule has 2 heterocycles. The van der Waals surface area contributed by atoms with Crippen molar-refractivity contribution in [1.29, 1.82) is 0 Å². The summed E-state index contributed by atoms with van der Waals surface area (Å²) in [5.41, 5.74) is 0.897. The lowest BCUT2D eigenvalue weighted by molar-refractivity contribution is -0.0450. The van der Waals surface area contributed by atoms with Crippen LogP contribution in [0, 0.1) is 0 Å². The Bertz CT molecular complexity index is 1560. The second kappa shape index (κ2) is 13.9. The van der Waals surface area contributed by atoms with E-state index in [1.807, 2.05) is 0 Å². The van der Waals surface area contributed by atoms with Crippen LogP contribution >= 0.6 is 11.3 Å². The van der Waals surface area contributed by atoms with Crippen LogP contribution < -0.4 is 0 Å². The standard InChI is InChI=1S/C32H27NO9S/c1-2-38-32(37)23-19-43-28(33-23)27-26(42-31(36)22-16-10-5-11-17-22)25(41-30(35)21-14-8-4-9-15-21)24(40-27)18-39-29(34)20-12-6-3-7-13-20/h3-17,19,24-27H,2,18H2,1H3/t24-,25+,26+,27-/m0/s1. The minimum Gasteiger partial charge on any atom is -0.461 e. The van der Waals surface area contributed by atoms with E-state index < -0.39 is 48.3 Å². The number of ether oxygens (including phenoxy) is 5. The van der Waals surface area contributed by atoms with Gasteiger partial charge in [0.2, 0.25) is 0 Å². The first-order chi connectivity index (χ1) is 20.9. The van der Waals surface area contributed by atoms with Crippen LogP contribution in [0.5, 0.6) is 0 Å². The average molecular weight is 602 g/mol. The molecule has 0 spiro atoms. The Labute approximate surface area is 251 Å². The second-order valence-electron chi connectivity index (χ2n) is 9.32. The third-order valence-corrected chi connectivity index (χ3v) is 7.36. The van der Waals surface area contributed by atoms with Gasteiger partial charge in [0.15, 0.2) is 24.0 Å². The minimum absolute atomic E-state index is 0.0513. The Morgan fingerprint density at radius 2 is 1.21 bits per heavy atom. The molecule has 4 atom stereocenters. The van der Waals surface area contributed by atoms with Gasteiger partial charge in [0.1, 0.15) is 17.7 Å². The van der Waals surface area contributed by atoms with Gasteiger partial charge in [-0.25, -0.2) is 24.2 Å². The highest BCUT2D eigenvalue weighted by atomic mass is 32.1. The fraction of sp³-hybridized carbons (Fsp3) is 0.219. The molecule has 1 fully saturated rings. The molecule has 0 amide bonds. The lowest BCUT2D eigenvalue weighted by Gasteiger charge is -2.24. The maximum absolute atomic E-state index is 13.2. The Morgan fingerprint density at radius 1 is 0.698 bits per heavy atom. The van der Waals surface area contributed by atoms with Crippen molar-refractivity contribution in [3.63, 3.8) is 0 Å². The molecule has 0 unspecified atom stereocenters. The molecular weight excluding hydrogens is 574 g/mol. The highest BCUT2D eigenvalue weighted by molar-refractivity contribution is 7.09. The number of hydrogen-bond donors (Lipinski definition) is 0. The lowest BCUT2D eigenvalue weighted by atomic mass is 10.1. The maximum Gasteiger partial charge on any atom is 0.357 e. The molecule has 0 saturated carbocycles. The van der Waals surface area contributed by atoms with E-state index in [1.165, 1.54) is 5.38 Å². The first kappa shape index (κ1) is 29.6. The number of nitrogens with zero attached hydrogens (tertiary/aromatic N) is 1. The molecule has 1 saturated heterocycles. The smallest absolute Gasteiger partial charge is 0.357 e. The van der Waals surface area contributed by atoms with Crippen LogP contribution in [0.15, 0.2) is 96.4 Å². The van der Waals surface area contributed by atoms with Gasteiger partial charge in [-0.3, -0.25) is 0 Å². The molecular formula is C32H27NO9S. The Morgan fingerprint density at radius 3 is 1.74 bits per heavy atom. The molecule has 0 N–H and O–H groups in total. The van der Waals surface area contributed by atoms with E-state index >= 15 is 0 Å². The van der Waals surface area contributed by atoms with E-state index in [9.17, 15) is 19.2 Å². The van der Waals surface area contributed by atoms with Crippen LogP contribution in [0.1, 0.15) is 59.6 Å². The zero-order valence-electron chi connectivity index (χ0n) is 23.0. The summed E-state index contributed by atoms with van der Waals surface area (Å²) in [6.07, 6.45) is -4.52. The third kappa shape index (κ3) is 7.14. The first-order valence-electron chi connectivity index (χ1n) is 13.5. The van der Waals surface area contributed by atoms with Gasteiger partial charge in [-0.15, -0.1) is 11.3 Å². The molecule has 11 heteroatoms. The zero-order valence-corrected chi connectivity index (χ0v) is 23.8. The van der Waals surface area contributed by atoms with Gasteiger partial charge in [0.25, 0.3) is 0 Å². The van der Waals surface area contributed by atoms with Gasteiger partial charge in [0, 0.05) is 5.38 Å². The summed E-state index contributed by atoms with van der Waals surface area (Å²) in [7, 11) is 0. The normalized spacial score (nSPS) is 19.3. The van der Waals surface area contributed by atoms with Crippen molar-refractivity contribution in [1.82, 2.24) is 4.98 Å². The van der Waals surface area contributed by atoms with Crippen molar-refractivity contribution in [3.8, 4) is 0 Å². The van der Waals surface area contributed by atoms with Crippen LogP contribution in [-0.2, 0) is 23.7 Å². The van der Waals surface area contributed by atoms with Gasteiger partial charge in [0.05, 0.1) is 23.3 Å². The number of hydrogen-bond acceptors (Lipinski definition) is 11. The van der Waals surface area contributed by atoms with Crippen LogP contribution in [0.3, 0.4) is 0 Å². The van der Waals surface area contributed by atoms with E-state index in [0.717, 1.165) is 11.3 Å². The maximum atomic E-state index is 13.2. The van der Waals surface area contributed by atoms with E-state index in [1.54, 1.807) is 97.9 Å². The molecule has 1 aliphatic rings. The van der Waals surface area contributed by atoms with Gasteiger partial charge in [-0.05, 0) is 43.3 Å².